The minimum absolute atomic E-state index is 0.243. The molecule has 3 nitrogen and oxygen atoms in total. The third kappa shape index (κ3) is 1.62. The summed E-state index contributed by atoms with van der Waals surface area (Å²) in [5.74, 6) is 0.243. The van der Waals surface area contributed by atoms with Crippen LogP contribution in [0.5, 0.6) is 0 Å². The molecule has 2 heterocycles. The molecule has 0 saturated heterocycles. The van der Waals surface area contributed by atoms with Gasteiger partial charge in [0.1, 0.15) is 0 Å². The van der Waals surface area contributed by atoms with Gasteiger partial charge in [0.25, 0.3) is 0 Å². The van der Waals surface area contributed by atoms with Gasteiger partial charge in [0.05, 0.1) is 16.8 Å². The van der Waals surface area contributed by atoms with Crippen molar-refractivity contribution in [1.82, 2.24) is 9.61 Å². The molecule has 84 valence electrons. The zero-order valence-corrected chi connectivity index (χ0v) is 9.73. The predicted octanol–water partition coefficient (Wildman–Crippen LogP) is 2.88. The molecule has 0 radical (unpaired) electrons. The first kappa shape index (κ1) is 10.9. The molecule has 1 aliphatic carbocycles. The molecule has 0 unspecified atom stereocenters. The lowest BCUT2D eigenvalue weighted by Gasteiger charge is -2.07. The molecular formula is C13H16N2O. The number of fused-ring (bicyclic) bond motifs is 3. The third-order valence-electron chi connectivity index (χ3n) is 2.71. The van der Waals surface area contributed by atoms with Gasteiger partial charge in [-0.05, 0) is 25.0 Å². The molecule has 2 aromatic heterocycles. The fraction of sp³-hybridized carbons (Fsp3) is 0.385. The fourth-order valence-electron chi connectivity index (χ4n) is 2.07. The van der Waals surface area contributed by atoms with E-state index in [1.54, 1.807) is 4.52 Å². The SMILES string of the molecule is CC.O=C1CCCc2nn3ccccc3c21. The first-order valence-corrected chi connectivity index (χ1v) is 5.86. The van der Waals surface area contributed by atoms with Crippen molar-refractivity contribution in [3.8, 4) is 0 Å². The highest BCUT2D eigenvalue weighted by atomic mass is 16.1. The Morgan fingerprint density at radius 3 is 2.88 bits per heavy atom. The Morgan fingerprint density at radius 1 is 1.25 bits per heavy atom. The number of Topliss-reactive ketones (excluding diaryl/α,β-unsaturated/α-hetero) is 1. The topological polar surface area (TPSA) is 34.4 Å². The maximum atomic E-state index is 11.7. The molecule has 0 fully saturated rings. The van der Waals surface area contributed by atoms with E-state index in [9.17, 15) is 4.79 Å². The van der Waals surface area contributed by atoms with Crippen LogP contribution >= 0.6 is 0 Å². The molecule has 0 bridgehead atoms. The Bertz CT molecular complexity index is 514. The average Bonchev–Trinajstić information content (AvgIpc) is 2.71. The Hall–Kier alpha value is -1.64. The second-order valence-corrected chi connectivity index (χ2v) is 3.63. The summed E-state index contributed by atoms with van der Waals surface area (Å²) >= 11 is 0. The Balaban J connectivity index is 0.000000457. The Kier molecular flexibility index (Phi) is 3.04. The normalized spacial score (nSPS) is 14.2. The van der Waals surface area contributed by atoms with Crippen molar-refractivity contribution in [3.63, 3.8) is 0 Å². The van der Waals surface area contributed by atoms with E-state index in [0.29, 0.717) is 6.42 Å². The highest BCUT2D eigenvalue weighted by Gasteiger charge is 2.22. The minimum Gasteiger partial charge on any atom is -0.294 e. The maximum absolute atomic E-state index is 11.7. The van der Waals surface area contributed by atoms with Crippen molar-refractivity contribution in [2.75, 3.05) is 0 Å². The monoisotopic (exact) mass is 216 g/mol. The van der Waals surface area contributed by atoms with Gasteiger partial charge in [-0.25, -0.2) is 4.52 Å². The van der Waals surface area contributed by atoms with E-state index >= 15 is 0 Å². The molecule has 0 aliphatic heterocycles. The zero-order chi connectivity index (χ0) is 11.5. The number of rotatable bonds is 0. The lowest BCUT2D eigenvalue weighted by molar-refractivity contribution is 0.0974. The molecule has 0 N–H and O–H groups in total. The summed E-state index contributed by atoms with van der Waals surface area (Å²) in [7, 11) is 0. The summed E-state index contributed by atoms with van der Waals surface area (Å²) < 4.78 is 1.80. The second-order valence-electron chi connectivity index (χ2n) is 3.63. The number of ketones is 1. The summed E-state index contributed by atoms with van der Waals surface area (Å²) in [4.78, 5) is 11.7. The quantitative estimate of drug-likeness (QED) is 0.678. The van der Waals surface area contributed by atoms with Crippen LogP contribution in [0.1, 0.15) is 42.7 Å². The van der Waals surface area contributed by atoms with E-state index in [4.69, 9.17) is 0 Å². The van der Waals surface area contributed by atoms with Crippen LogP contribution in [-0.4, -0.2) is 15.4 Å². The first-order valence-electron chi connectivity index (χ1n) is 5.86. The molecule has 2 aromatic rings. The van der Waals surface area contributed by atoms with Crippen molar-refractivity contribution in [1.29, 1.82) is 0 Å². The van der Waals surface area contributed by atoms with Crippen LogP contribution in [0.25, 0.3) is 5.52 Å². The molecular weight excluding hydrogens is 200 g/mol. The molecule has 0 spiro atoms. The summed E-state index contributed by atoms with van der Waals surface area (Å²) in [6.07, 6.45) is 4.43. The standard InChI is InChI=1S/C11H10N2O.C2H6/c14-10-6-3-4-8-11(10)9-5-1-2-7-13(9)12-8;1-2/h1-2,5,7H,3-4,6H2;1-2H3. The van der Waals surface area contributed by atoms with Crippen LogP contribution in [0.2, 0.25) is 0 Å². The molecule has 3 heteroatoms. The number of nitrogens with zero attached hydrogens (tertiary/aromatic N) is 2. The van der Waals surface area contributed by atoms with Gasteiger partial charge in [-0.3, -0.25) is 4.79 Å². The van der Waals surface area contributed by atoms with Crippen LogP contribution in [-0.2, 0) is 6.42 Å². The van der Waals surface area contributed by atoms with Crippen molar-refractivity contribution < 1.29 is 4.79 Å². The predicted molar refractivity (Wildman–Crippen MR) is 63.8 cm³/mol. The van der Waals surface area contributed by atoms with Crippen molar-refractivity contribution >= 4 is 11.3 Å². The van der Waals surface area contributed by atoms with Gasteiger partial charge in [0.2, 0.25) is 0 Å². The van der Waals surface area contributed by atoms with Gasteiger partial charge in [-0.2, -0.15) is 5.10 Å². The van der Waals surface area contributed by atoms with Gasteiger partial charge >= 0.3 is 0 Å². The van der Waals surface area contributed by atoms with Crippen molar-refractivity contribution in [2.45, 2.75) is 33.1 Å². The van der Waals surface area contributed by atoms with Crippen LogP contribution in [0, 0.1) is 0 Å². The lowest BCUT2D eigenvalue weighted by Crippen LogP contribution is -2.08. The largest absolute Gasteiger partial charge is 0.294 e. The van der Waals surface area contributed by atoms with E-state index in [-0.39, 0.29) is 5.78 Å². The molecule has 3 rings (SSSR count). The van der Waals surface area contributed by atoms with E-state index in [1.807, 2.05) is 38.2 Å². The van der Waals surface area contributed by atoms with Crippen molar-refractivity contribution in [3.05, 3.63) is 35.7 Å². The molecule has 0 amide bonds. The van der Waals surface area contributed by atoms with E-state index in [1.165, 1.54) is 0 Å². The molecule has 16 heavy (non-hydrogen) atoms. The Labute approximate surface area is 95.1 Å². The number of aromatic nitrogens is 2. The summed E-state index contributed by atoms with van der Waals surface area (Å²) in [5.41, 5.74) is 2.76. The van der Waals surface area contributed by atoms with Gasteiger partial charge < -0.3 is 0 Å². The summed E-state index contributed by atoms with van der Waals surface area (Å²) in [6, 6.07) is 5.82. The summed E-state index contributed by atoms with van der Waals surface area (Å²) in [6.45, 7) is 4.00. The maximum Gasteiger partial charge on any atom is 0.166 e. The molecule has 0 atom stereocenters. The van der Waals surface area contributed by atoms with Gasteiger partial charge in [0, 0.05) is 12.6 Å². The number of aryl methyl sites for hydroxylation is 1. The van der Waals surface area contributed by atoms with E-state index < -0.39 is 0 Å². The molecule has 0 aromatic carbocycles. The average molecular weight is 216 g/mol. The third-order valence-corrected chi connectivity index (χ3v) is 2.71. The fourth-order valence-corrected chi connectivity index (χ4v) is 2.07. The Morgan fingerprint density at radius 2 is 2.06 bits per heavy atom. The second kappa shape index (κ2) is 4.47. The van der Waals surface area contributed by atoms with Crippen LogP contribution in [0.15, 0.2) is 24.4 Å². The molecule has 1 aliphatic rings. The first-order chi connectivity index (χ1) is 7.86. The number of pyridine rings is 1. The summed E-state index contributed by atoms with van der Waals surface area (Å²) in [5, 5.41) is 4.40. The van der Waals surface area contributed by atoms with Gasteiger partial charge in [-0.15, -0.1) is 0 Å². The van der Waals surface area contributed by atoms with E-state index in [2.05, 4.69) is 5.10 Å². The zero-order valence-electron chi connectivity index (χ0n) is 9.73. The number of carbonyl (C=O) groups is 1. The minimum atomic E-state index is 0.243. The highest BCUT2D eigenvalue weighted by Crippen LogP contribution is 2.24. The number of carbonyl (C=O) groups excluding carboxylic acids is 1. The van der Waals surface area contributed by atoms with Gasteiger partial charge in [0.15, 0.2) is 5.78 Å². The van der Waals surface area contributed by atoms with Crippen LogP contribution in [0.3, 0.4) is 0 Å². The van der Waals surface area contributed by atoms with Gasteiger partial charge in [-0.1, -0.05) is 19.9 Å². The lowest BCUT2D eigenvalue weighted by atomic mass is 9.95. The molecule has 0 saturated carbocycles. The van der Waals surface area contributed by atoms with Crippen LogP contribution in [0.4, 0.5) is 0 Å². The smallest absolute Gasteiger partial charge is 0.166 e. The van der Waals surface area contributed by atoms with Crippen LogP contribution < -0.4 is 0 Å². The number of hydrogen-bond donors (Lipinski definition) is 0. The van der Waals surface area contributed by atoms with E-state index in [0.717, 1.165) is 29.6 Å². The number of hydrogen-bond acceptors (Lipinski definition) is 2. The highest BCUT2D eigenvalue weighted by molar-refractivity contribution is 6.04. The van der Waals surface area contributed by atoms with Crippen molar-refractivity contribution in [2.24, 2.45) is 0 Å².